The van der Waals surface area contributed by atoms with Gasteiger partial charge in [-0.2, -0.15) is 0 Å². The summed E-state index contributed by atoms with van der Waals surface area (Å²) in [4.78, 5) is 4.09. The van der Waals surface area contributed by atoms with Crippen LogP contribution in [0, 0.1) is 5.82 Å². The zero-order valence-corrected chi connectivity index (χ0v) is 8.38. The minimum absolute atomic E-state index is 0.306. The smallest absolute Gasteiger partial charge is 0.170 e. The summed E-state index contributed by atoms with van der Waals surface area (Å²) in [6.07, 6.45) is 1.35. The van der Waals surface area contributed by atoms with Crippen molar-refractivity contribution in [3.63, 3.8) is 0 Å². The molecule has 0 radical (unpaired) electrons. The van der Waals surface area contributed by atoms with Gasteiger partial charge in [-0.1, -0.05) is 11.6 Å². The van der Waals surface area contributed by atoms with Crippen molar-refractivity contribution < 1.29 is 9.13 Å². The van der Waals surface area contributed by atoms with E-state index in [4.69, 9.17) is 16.3 Å². The minimum atomic E-state index is -0.644. The largest absolute Gasteiger partial charge is 0.481 e. The van der Waals surface area contributed by atoms with Gasteiger partial charge in [0.2, 0.25) is 0 Å². The van der Waals surface area contributed by atoms with E-state index in [9.17, 15) is 4.39 Å². The highest BCUT2D eigenvalue weighted by Gasteiger charge is 2.32. The lowest BCUT2D eigenvalue weighted by atomic mass is 9.94. The molecule has 0 aromatic heterocycles. The van der Waals surface area contributed by atoms with Crippen molar-refractivity contribution in [2.75, 3.05) is 6.61 Å². The number of rotatable bonds is 1. The van der Waals surface area contributed by atoms with E-state index < -0.39 is 5.54 Å². The van der Waals surface area contributed by atoms with Crippen molar-refractivity contribution in [1.82, 2.24) is 0 Å². The van der Waals surface area contributed by atoms with Gasteiger partial charge >= 0.3 is 0 Å². The van der Waals surface area contributed by atoms with E-state index in [1.165, 1.54) is 18.5 Å². The van der Waals surface area contributed by atoms with Crippen LogP contribution < -0.4 is 0 Å². The Hall–Kier alpha value is -1.09. The second-order valence-electron chi connectivity index (χ2n) is 3.44. The van der Waals surface area contributed by atoms with Crippen molar-refractivity contribution in [2.24, 2.45) is 4.99 Å². The van der Waals surface area contributed by atoms with Gasteiger partial charge in [0.1, 0.15) is 18.0 Å². The van der Waals surface area contributed by atoms with Crippen LogP contribution in [0.2, 0.25) is 5.02 Å². The maximum Gasteiger partial charge on any atom is 0.170 e. The Morgan fingerprint density at radius 3 is 3.00 bits per heavy atom. The van der Waals surface area contributed by atoms with E-state index in [-0.39, 0.29) is 5.82 Å². The van der Waals surface area contributed by atoms with Crippen LogP contribution >= 0.6 is 11.6 Å². The molecule has 2 rings (SSSR count). The number of nitrogens with zero attached hydrogens (tertiary/aromatic N) is 1. The first-order valence-corrected chi connectivity index (χ1v) is 4.60. The second-order valence-corrected chi connectivity index (χ2v) is 3.88. The summed E-state index contributed by atoms with van der Waals surface area (Å²) in [7, 11) is 0. The molecule has 0 bridgehead atoms. The molecule has 2 nitrogen and oxygen atoms in total. The third-order valence-corrected chi connectivity index (χ3v) is 2.52. The lowest BCUT2D eigenvalue weighted by Crippen LogP contribution is -2.22. The van der Waals surface area contributed by atoms with Crippen LogP contribution in [-0.2, 0) is 10.3 Å². The Bertz CT molecular complexity index is 394. The fourth-order valence-corrected chi connectivity index (χ4v) is 1.62. The molecule has 1 aromatic rings. The van der Waals surface area contributed by atoms with Crippen LogP contribution in [0.4, 0.5) is 4.39 Å². The van der Waals surface area contributed by atoms with Crippen molar-refractivity contribution >= 4 is 18.0 Å². The van der Waals surface area contributed by atoms with Gasteiger partial charge in [-0.25, -0.2) is 9.38 Å². The van der Waals surface area contributed by atoms with E-state index in [0.717, 1.165) is 0 Å². The molecule has 1 atom stereocenters. The number of aliphatic imine (C=N–C) groups is 1. The zero-order chi connectivity index (χ0) is 10.2. The second kappa shape index (κ2) is 3.24. The molecule has 1 heterocycles. The first-order valence-electron chi connectivity index (χ1n) is 4.23. The average Bonchev–Trinajstić information content (AvgIpc) is 2.58. The highest BCUT2D eigenvalue weighted by Crippen LogP contribution is 2.32. The highest BCUT2D eigenvalue weighted by atomic mass is 35.5. The average molecular weight is 214 g/mol. The Labute approximate surface area is 86.4 Å². The summed E-state index contributed by atoms with van der Waals surface area (Å²) >= 11 is 5.80. The van der Waals surface area contributed by atoms with E-state index in [1.54, 1.807) is 6.07 Å². The quantitative estimate of drug-likeness (QED) is 0.703. The zero-order valence-electron chi connectivity index (χ0n) is 7.63. The normalized spacial score (nSPS) is 25.1. The number of halogens is 2. The first-order chi connectivity index (χ1) is 6.62. The Kier molecular flexibility index (Phi) is 2.19. The molecular weight excluding hydrogens is 205 g/mol. The summed E-state index contributed by atoms with van der Waals surface area (Å²) in [6, 6.07) is 4.45. The van der Waals surface area contributed by atoms with Crippen LogP contribution in [-0.4, -0.2) is 13.0 Å². The molecule has 74 valence electrons. The molecular formula is C10H9ClFNO. The fourth-order valence-electron chi connectivity index (χ4n) is 1.45. The number of hydrogen-bond acceptors (Lipinski definition) is 2. The lowest BCUT2D eigenvalue weighted by Gasteiger charge is -2.19. The fraction of sp³-hybridized carbons (Fsp3) is 0.300. The van der Waals surface area contributed by atoms with Crippen molar-refractivity contribution in [3.05, 3.63) is 34.6 Å². The van der Waals surface area contributed by atoms with Crippen LogP contribution in [0.5, 0.6) is 0 Å². The van der Waals surface area contributed by atoms with Gasteiger partial charge in [-0.05, 0) is 25.1 Å². The standard InChI is InChI=1S/C10H9ClFNO/c1-10(5-14-6-13-10)8-4-7(11)2-3-9(8)12/h2-4,6H,5H2,1H3. The van der Waals surface area contributed by atoms with Gasteiger partial charge in [-0.15, -0.1) is 0 Å². The molecule has 0 fully saturated rings. The van der Waals surface area contributed by atoms with Crippen LogP contribution in [0.15, 0.2) is 23.2 Å². The number of ether oxygens (including phenoxy) is 1. The maximum atomic E-state index is 13.5. The molecule has 1 aliphatic heterocycles. The highest BCUT2D eigenvalue weighted by molar-refractivity contribution is 6.30. The van der Waals surface area contributed by atoms with Gasteiger partial charge in [0.05, 0.1) is 0 Å². The molecule has 1 aliphatic rings. The Morgan fingerprint density at radius 1 is 1.57 bits per heavy atom. The maximum absolute atomic E-state index is 13.5. The predicted molar refractivity (Wildman–Crippen MR) is 53.2 cm³/mol. The molecule has 0 spiro atoms. The molecule has 4 heteroatoms. The molecule has 14 heavy (non-hydrogen) atoms. The molecule has 0 amide bonds. The molecule has 1 aromatic carbocycles. The third kappa shape index (κ3) is 1.48. The number of benzene rings is 1. The molecule has 0 aliphatic carbocycles. The van der Waals surface area contributed by atoms with Gasteiger partial charge in [0.15, 0.2) is 6.40 Å². The van der Waals surface area contributed by atoms with Gasteiger partial charge < -0.3 is 4.74 Å². The lowest BCUT2D eigenvalue weighted by molar-refractivity contribution is 0.272. The van der Waals surface area contributed by atoms with Gasteiger partial charge in [0.25, 0.3) is 0 Å². The third-order valence-electron chi connectivity index (χ3n) is 2.29. The topological polar surface area (TPSA) is 21.6 Å². The van der Waals surface area contributed by atoms with E-state index >= 15 is 0 Å². The van der Waals surface area contributed by atoms with E-state index in [0.29, 0.717) is 17.2 Å². The Balaban J connectivity index is 2.49. The van der Waals surface area contributed by atoms with Crippen molar-refractivity contribution in [3.8, 4) is 0 Å². The monoisotopic (exact) mass is 213 g/mol. The van der Waals surface area contributed by atoms with Crippen LogP contribution in [0.25, 0.3) is 0 Å². The summed E-state index contributed by atoms with van der Waals surface area (Å²) in [5.74, 6) is -0.306. The Morgan fingerprint density at radius 2 is 2.36 bits per heavy atom. The summed E-state index contributed by atoms with van der Waals surface area (Å²) in [5.41, 5.74) is -0.173. The van der Waals surface area contributed by atoms with Crippen LogP contribution in [0.3, 0.4) is 0 Å². The van der Waals surface area contributed by atoms with Gasteiger partial charge in [-0.3, -0.25) is 0 Å². The summed E-state index contributed by atoms with van der Waals surface area (Å²) < 4.78 is 18.5. The van der Waals surface area contributed by atoms with Gasteiger partial charge in [0, 0.05) is 10.6 Å². The molecule has 0 saturated carbocycles. The van der Waals surface area contributed by atoms with Crippen molar-refractivity contribution in [1.29, 1.82) is 0 Å². The summed E-state index contributed by atoms with van der Waals surface area (Å²) in [5, 5.41) is 0.504. The molecule has 1 unspecified atom stereocenters. The molecule has 0 saturated heterocycles. The number of hydrogen-bond donors (Lipinski definition) is 0. The minimum Gasteiger partial charge on any atom is -0.481 e. The first kappa shape index (κ1) is 9.46. The van der Waals surface area contributed by atoms with E-state index in [2.05, 4.69) is 4.99 Å². The molecule has 0 N–H and O–H groups in total. The predicted octanol–water partition coefficient (Wildman–Crippen LogP) is 2.75. The van der Waals surface area contributed by atoms with Crippen LogP contribution in [0.1, 0.15) is 12.5 Å². The van der Waals surface area contributed by atoms with E-state index in [1.807, 2.05) is 6.92 Å². The van der Waals surface area contributed by atoms with Crippen molar-refractivity contribution in [2.45, 2.75) is 12.5 Å². The SMILES string of the molecule is CC1(c2cc(Cl)ccc2F)COC=N1. The summed E-state index contributed by atoms with van der Waals surface area (Å²) in [6.45, 7) is 2.16.